The maximum Gasteiger partial charge on any atom is 0.253 e. The number of carbonyl (C=O) groups excluding carboxylic acids is 2. The first-order chi connectivity index (χ1) is 16.7. The van der Waals surface area contributed by atoms with E-state index in [4.69, 9.17) is 34.8 Å². The van der Waals surface area contributed by atoms with Gasteiger partial charge >= 0.3 is 0 Å². The molecular formula is C24H24Cl3N5O2S. The second-order valence-electron chi connectivity index (χ2n) is 7.88. The van der Waals surface area contributed by atoms with Gasteiger partial charge in [-0.25, -0.2) is 0 Å². The van der Waals surface area contributed by atoms with Gasteiger partial charge in [-0.05, 0) is 36.2 Å². The van der Waals surface area contributed by atoms with Crippen LogP contribution in [0, 0.1) is 5.92 Å². The third-order valence-electron chi connectivity index (χ3n) is 4.94. The predicted molar refractivity (Wildman–Crippen MR) is 143 cm³/mol. The third-order valence-corrected chi connectivity index (χ3v) is 6.80. The van der Waals surface area contributed by atoms with Crippen molar-refractivity contribution in [2.24, 2.45) is 5.92 Å². The van der Waals surface area contributed by atoms with E-state index >= 15 is 0 Å². The SMILES string of the molecule is C=CCn1c(SCC(=O)Nc2cc(Cl)ccc2Cl)nnc1[C@@H](NC(=O)c1ccccc1Cl)C(C)C. The van der Waals surface area contributed by atoms with E-state index in [0.717, 1.165) is 0 Å². The van der Waals surface area contributed by atoms with Crippen LogP contribution in [-0.2, 0) is 11.3 Å². The van der Waals surface area contributed by atoms with Gasteiger partial charge in [0.25, 0.3) is 5.91 Å². The molecule has 0 saturated heterocycles. The topological polar surface area (TPSA) is 88.9 Å². The third kappa shape index (κ3) is 7.01. The van der Waals surface area contributed by atoms with E-state index in [0.29, 0.717) is 43.8 Å². The highest BCUT2D eigenvalue weighted by Gasteiger charge is 2.27. The summed E-state index contributed by atoms with van der Waals surface area (Å²) in [5.74, 6) is 0.0355. The molecule has 2 amide bonds. The van der Waals surface area contributed by atoms with Crippen LogP contribution >= 0.6 is 46.6 Å². The van der Waals surface area contributed by atoms with Crippen molar-refractivity contribution >= 4 is 64.1 Å². The Kier molecular flexibility index (Phi) is 9.63. The van der Waals surface area contributed by atoms with E-state index in [1.165, 1.54) is 11.8 Å². The fraction of sp³-hybridized carbons (Fsp3) is 0.250. The van der Waals surface area contributed by atoms with Crippen LogP contribution in [0.1, 0.15) is 36.1 Å². The largest absolute Gasteiger partial charge is 0.342 e. The molecule has 0 unspecified atom stereocenters. The minimum Gasteiger partial charge on any atom is -0.342 e. The van der Waals surface area contributed by atoms with Crippen molar-refractivity contribution in [3.8, 4) is 0 Å². The highest BCUT2D eigenvalue weighted by molar-refractivity contribution is 7.99. The molecule has 3 rings (SSSR count). The van der Waals surface area contributed by atoms with E-state index in [1.54, 1.807) is 48.5 Å². The summed E-state index contributed by atoms with van der Waals surface area (Å²) < 4.78 is 1.83. The van der Waals surface area contributed by atoms with E-state index in [9.17, 15) is 9.59 Å². The molecule has 0 fully saturated rings. The number of hydrogen-bond donors (Lipinski definition) is 2. The molecule has 7 nitrogen and oxygen atoms in total. The number of carbonyl (C=O) groups is 2. The molecule has 2 N–H and O–H groups in total. The highest BCUT2D eigenvalue weighted by Crippen LogP contribution is 2.28. The summed E-state index contributed by atoms with van der Waals surface area (Å²) in [4.78, 5) is 25.4. The molecular weight excluding hydrogens is 529 g/mol. The van der Waals surface area contributed by atoms with Crippen molar-refractivity contribution in [1.82, 2.24) is 20.1 Å². The first kappa shape index (κ1) is 27.1. The standard InChI is InChI=1S/C24H24Cl3N5O2S/c1-4-11-32-22(21(14(2)3)29-23(34)16-7-5-6-8-17(16)26)30-31-24(32)35-13-20(33)28-19-12-15(25)9-10-18(19)27/h4-10,12,14,21H,1,11,13H2,2-3H3,(H,28,33)(H,29,34)/t21-/m0/s1. The summed E-state index contributed by atoms with van der Waals surface area (Å²) in [6.07, 6.45) is 1.70. The van der Waals surface area contributed by atoms with Crippen molar-refractivity contribution in [3.05, 3.63) is 81.6 Å². The second kappa shape index (κ2) is 12.4. The second-order valence-corrected chi connectivity index (χ2v) is 10.1. The van der Waals surface area contributed by atoms with Gasteiger partial charge in [0.1, 0.15) is 0 Å². The molecule has 0 aliphatic rings. The van der Waals surface area contributed by atoms with Crippen LogP contribution < -0.4 is 10.6 Å². The van der Waals surface area contributed by atoms with Crippen LogP contribution in [0.5, 0.6) is 0 Å². The fourth-order valence-corrected chi connectivity index (χ4v) is 4.55. The number of halogens is 3. The normalized spacial score (nSPS) is 11.8. The van der Waals surface area contributed by atoms with Crippen LogP contribution in [0.25, 0.3) is 0 Å². The Bertz CT molecular complexity index is 1230. The van der Waals surface area contributed by atoms with E-state index < -0.39 is 6.04 Å². The number of thioether (sulfide) groups is 1. The Morgan fingerprint density at radius 3 is 2.54 bits per heavy atom. The molecule has 0 aliphatic heterocycles. The Morgan fingerprint density at radius 1 is 1.11 bits per heavy atom. The van der Waals surface area contributed by atoms with Gasteiger partial charge in [-0.2, -0.15) is 0 Å². The number of allylic oxidation sites excluding steroid dienone is 1. The molecule has 1 atom stereocenters. The van der Waals surface area contributed by atoms with Gasteiger partial charge in [0, 0.05) is 11.6 Å². The predicted octanol–water partition coefficient (Wildman–Crippen LogP) is 6.28. The van der Waals surface area contributed by atoms with E-state index in [2.05, 4.69) is 27.4 Å². The Balaban J connectivity index is 1.77. The maximum atomic E-state index is 12.9. The summed E-state index contributed by atoms with van der Waals surface area (Å²) in [5, 5.41) is 16.1. The molecule has 0 saturated carbocycles. The Hall–Kier alpha value is -2.52. The highest BCUT2D eigenvalue weighted by atomic mass is 35.5. The molecule has 1 aromatic heterocycles. The van der Waals surface area contributed by atoms with Crippen LogP contribution in [0.2, 0.25) is 15.1 Å². The number of anilines is 1. The molecule has 2 aromatic carbocycles. The number of nitrogens with one attached hydrogen (secondary N) is 2. The monoisotopic (exact) mass is 551 g/mol. The molecule has 11 heteroatoms. The molecule has 0 aliphatic carbocycles. The van der Waals surface area contributed by atoms with Crippen molar-refractivity contribution < 1.29 is 9.59 Å². The van der Waals surface area contributed by atoms with E-state index in [-0.39, 0.29) is 23.5 Å². The lowest BCUT2D eigenvalue weighted by molar-refractivity contribution is -0.113. The molecule has 0 radical (unpaired) electrons. The first-order valence-corrected chi connectivity index (χ1v) is 12.8. The van der Waals surface area contributed by atoms with Gasteiger partial charge in [0.05, 0.1) is 33.1 Å². The molecule has 3 aromatic rings. The van der Waals surface area contributed by atoms with Crippen molar-refractivity contribution in [3.63, 3.8) is 0 Å². The average molecular weight is 553 g/mol. The average Bonchev–Trinajstić information content (AvgIpc) is 3.20. The van der Waals surface area contributed by atoms with Gasteiger partial charge in [-0.1, -0.05) is 78.6 Å². The number of benzene rings is 2. The molecule has 0 spiro atoms. The smallest absolute Gasteiger partial charge is 0.253 e. The minimum atomic E-state index is -0.445. The van der Waals surface area contributed by atoms with Gasteiger partial charge in [0.2, 0.25) is 5.91 Å². The van der Waals surface area contributed by atoms with Gasteiger partial charge in [-0.3, -0.25) is 9.59 Å². The fourth-order valence-electron chi connectivity index (χ4n) is 3.24. The maximum absolute atomic E-state index is 12.9. The quantitative estimate of drug-likeness (QED) is 0.228. The zero-order chi connectivity index (χ0) is 25.5. The van der Waals surface area contributed by atoms with Crippen molar-refractivity contribution in [2.75, 3.05) is 11.1 Å². The van der Waals surface area contributed by atoms with Gasteiger partial charge < -0.3 is 15.2 Å². The molecule has 35 heavy (non-hydrogen) atoms. The summed E-state index contributed by atoms with van der Waals surface area (Å²) in [7, 11) is 0. The van der Waals surface area contributed by atoms with Crippen molar-refractivity contribution in [1.29, 1.82) is 0 Å². The summed E-state index contributed by atoms with van der Waals surface area (Å²) >= 11 is 19.5. The zero-order valence-electron chi connectivity index (χ0n) is 19.1. The summed E-state index contributed by atoms with van der Waals surface area (Å²) in [6.45, 7) is 8.16. The van der Waals surface area contributed by atoms with Crippen LogP contribution in [0.4, 0.5) is 5.69 Å². The lowest BCUT2D eigenvalue weighted by Gasteiger charge is -2.23. The molecule has 1 heterocycles. The number of rotatable bonds is 10. The summed E-state index contributed by atoms with van der Waals surface area (Å²) in [6, 6.07) is 11.2. The van der Waals surface area contributed by atoms with Gasteiger partial charge in [0.15, 0.2) is 11.0 Å². The minimum absolute atomic E-state index is 0.000299. The van der Waals surface area contributed by atoms with Crippen LogP contribution in [0.15, 0.2) is 60.3 Å². The number of hydrogen-bond acceptors (Lipinski definition) is 5. The Morgan fingerprint density at radius 2 is 1.86 bits per heavy atom. The molecule has 184 valence electrons. The lowest BCUT2D eigenvalue weighted by Crippen LogP contribution is -2.34. The van der Waals surface area contributed by atoms with Crippen LogP contribution in [-0.4, -0.2) is 32.3 Å². The van der Waals surface area contributed by atoms with E-state index in [1.807, 2.05) is 18.4 Å². The number of aromatic nitrogens is 3. The first-order valence-electron chi connectivity index (χ1n) is 10.7. The summed E-state index contributed by atoms with van der Waals surface area (Å²) in [5.41, 5.74) is 0.806. The number of nitrogens with zero attached hydrogens (tertiary/aromatic N) is 3. The van der Waals surface area contributed by atoms with Crippen LogP contribution in [0.3, 0.4) is 0 Å². The van der Waals surface area contributed by atoms with Crippen molar-refractivity contribution in [2.45, 2.75) is 31.6 Å². The lowest BCUT2D eigenvalue weighted by atomic mass is 10.0. The Labute approximate surface area is 223 Å². The van der Waals surface area contributed by atoms with Gasteiger partial charge in [-0.15, -0.1) is 16.8 Å². The number of amides is 2. The zero-order valence-corrected chi connectivity index (χ0v) is 22.2. The molecule has 0 bridgehead atoms.